The molecule has 1 radical (unpaired) electrons. The van der Waals surface area contributed by atoms with Gasteiger partial charge in [0.15, 0.2) is 11.5 Å². The van der Waals surface area contributed by atoms with Crippen LogP contribution >= 0.6 is 0 Å². The Labute approximate surface area is 124 Å². The lowest BCUT2D eigenvalue weighted by molar-refractivity contribution is 0.354. The van der Waals surface area contributed by atoms with Crippen LogP contribution in [0, 0.1) is 6.92 Å². The Morgan fingerprint density at radius 1 is 0.952 bits per heavy atom. The summed E-state index contributed by atoms with van der Waals surface area (Å²) in [5.41, 5.74) is 1.28. The van der Waals surface area contributed by atoms with E-state index >= 15 is 0 Å². The summed E-state index contributed by atoms with van der Waals surface area (Å²) in [6, 6.07) is 11.2. The molecule has 2 aromatic carbocycles. The maximum atomic E-state index is 12.3. The zero-order valence-electron chi connectivity index (χ0n) is 11.8. The molecule has 111 valence electrons. The fourth-order valence-electron chi connectivity index (χ4n) is 1.77. The van der Waals surface area contributed by atoms with Gasteiger partial charge in [0.1, 0.15) is 0 Å². The van der Waals surface area contributed by atoms with E-state index in [1.807, 2.05) is 0 Å². The van der Waals surface area contributed by atoms with Gasteiger partial charge in [-0.15, -0.1) is 0 Å². The van der Waals surface area contributed by atoms with Crippen molar-refractivity contribution in [3.63, 3.8) is 0 Å². The smallest absolute Gasteiger partial charge is 0.262 e. The zero-order chi connectivity index (χ0) is 15.5. The van der Waals surface area contributed by atoms with Crippen LogP contribution in [0.2, 0.25) is 0 Å². The van der Waals surface area contributed by atoms with Crippen molar-refractivity contribution in [3.05, 3.63) is 55.0 Å². The maximum absolute atomic E-state index is 12.3. The molecule has 6 heteroatoms. The average molecular weight is 306 g/mol. The first-order valence-corrected chi connectivity index (χ1v) is 7.61. The Balaban J connectivity index is 2.33. The minimum Gasteiger partial charge on any atom is -0.493 e. The zero-order valence-corrected chi connectivity index (χ0v) is 12.6. The molecule has 0 aromatic heterocycles. The van der Waals surface area contributed by atoms with Crippen LogP contribution in [0.15, 0.2) is 47.4 Å². The van der Waals surface area contributed by atoms with Crippen molar-refractivity contribution in [2.45, 2.75) is 4.90 Å². The highest BCUT2D eigenvalue weighted by atomic mass is 32.2. The second kappa shape index (κ2) is 6.05. The molecule has 0 unspecified atom stereocenters. The second-order valence-corrected chi connectivity index (χ2v) is 6.00. The summed E-state index contributed by atoms with van der Waals surface area (Å²) in [5, 5.41) is 0. The Bertz CT molecular complexity index is 724. The number of hydrogen-bond acceptors (Lipinski definition) is 4. The third kappa shape index (κ3) is 3.46. The summed E-state index contributed by atoms with van der Waals surface area (Å²) in [7, 11) is -0.746. The van der Waals surface area contributed by atoms with Gasteiger partial charge in [0.05, 0.1) is 19.1 Å². The Hall–Kier alpha value is -2.21. The number of ether oxygens (including phenoxy) is 2. The van der Waals surface area contributed by atoms with Crippen LogP contribution < -0.4 is 14.2 Å². The molecule has 0 aliphatic rings. The predicted molar refractivity (Wildman–Crippen MR) is 81.3 cm³/mol. The Morgan fingerprint density at radius 3 is 2.14 bits per heavy atom. The van der Waals surface area contributed by atoms with Gasteiger partial charge in [-0.05, 0) is 36.8 Å². The van der Waals surface area contributed by atoms with E-state index in [-0.39, 0.29) is 4.90 Å². The number of hydrogen-bond donors (Lipinski definition) is 1. The molecular weight excluding hydrogens is 290 g/mol. The van der Waals surface area contributed by atoms with Crippen LogP contribution in [0.5, 0.6) is 11.5 Å². The lowest BCUT2D eigenvalue weighted by Crippen LogP contribution is -2.13. The molecule has 0 bridgehead atoms. The first-order valence-electron chi connectivity index (χ1n) is 6.13. The minimum absolute atomic E-state index is 0.0962. The first-order chi connectivity index (χ1) is 9.96. The standard InChI is InChI=1S/C15H16NO4S/c1-11-4-6-12(7-5-11)16-21(17,18)13-8-9-14(19-2)15(10-13)20-3/h4-10,16H,1H2,2-3H3. The summed E-state index contributed by atoms with van der Waals surface area (Å²) < 4.78 is 37.4. The predicted octanol–water partition coefficient (Wildman–Crippen LogP) is 2.69. The first kappa shape index (κ1) is 15.2. The molecular formula is C15H16NO4S. The Kier molecular flexibility index (Phi) is 4.37. The van der Waals surface area contributed by atoms with Gasteiger partial charge < -0.3 is 9.47 Å². The van der Waals surface area contributed by atoms with Gasteiger partial charge in [-0.2, -0.15) is 0 Å². The summed E-state index contributed by atoms with van der Waals surface area (Å²) in [5.74, 6) is 0.825. The van der Waals surface area contributed by atoms with Gasteiger partial charge >= 0.3 is 0 Å². The van der Waals surface area contributed by atoms with Crippen molar-refractivity contribution >= 4 is 15.7 Å². The summed E-state index contributed by atoms with van der Waals surface area (Å²) in [6.45, 7) is 3.75. The van der Waals surface area contributed by atoms with Gasteiger partial charge in [-0.1, -0.05) is 12.1 Å². The molecule has 0 saturated heterocycles. The van der Waals surface area contributed by atoms with Crippen LogP contribution in [-0.4, -0.2) is 22.6 Å². The third-order valence-electron chi connectivity index (χ3n) is 2.87. The number of sulfonamides is 1. The fourth-order valence-corrected chi connectivity index (χ4v) is 2.84. The molecule has 0 amide bonds. The van der Waals surface area contributed by atoms with Gasteiger partial charge in [-0.25, -0.2) is 8.42 Å². The van der Waals surface area contributed by atoms with E-state index < -0.39 is 10.0 Å². The van der Waals surface area contributed by atoms with Crippen LogP contribution in [0.4, 0.5) is 5.69 Å². The molecule has 0 spiro atoms. The molecule has 5 nitrogen and oxygen atoms in total. The number of methoxy groups -OCH3 is 2. The third-order valence-corrected chi connectivity index (χ3v) is 4.25. The van der Waals surface area contributed by atoms with Crippen molar-refractivity contribution in [1.82, 2.24) is 0 Å². The van der Waals surface area contributed by atoms with E-state index in [2.05, 4.69) is 11.6 Å². The largest absolute Gasteiger partial charge is 0.493 e. The molecule has 1 N–H and O–H groups in total. The van der Waals surface area contributed by atoms with Gasteiger partial charge in [0, 0.05) is 11.8 Å². The summed E-state index contributed by atoms with van der Waals surface area (Å²) in [4.78, 5) is 0.0962. The van der Waals surface area contributed by atoms with E-state index in [9.17, 15) is 8.42 Å². The number of rotatable bonds is 5. The number of anilines is 1. The minimum atomic E-state index is -3.69. The maximum Gasteiger partial charge on any atom is 0.262 e. The molecule has 0 atom stereocenters. The summed E-state index contributed by atoms with van der Waals surface area (Å²) in [6.07, 6.45) is 0. The highest BCUT2D eigenvalue weighted by molar-refractivity contribution is 7.92. The lowest BCUT2D eigenvalue weighted by atomic mass is 10.2. The Morgan fingerprint density at radius 2 is 1.57 bits per heavy atom. The van der Waals surface area contributed by atoms with Gasteiger partial charge in [0.2, 0.25) is 0 Å². The second-order valence-electron chi connectivity index (χ2n) is 4.32. The molecule has 0 aliphatic carbocycles. The van der Waals surface area contributed by atoms with Crippen molar-refractivity contribution < 1.29 is 17.9 Å². The van der Waals surface area contributed by atoms with E-state index in [4.69, 9.17) is 9.47 Å². The molecule has 2 rings (SSSR count). The van der Waals surface area contributed by atoms with Crippen molar-refractivity contribution in [2.75, 3.05) is 18.9 Å². The van der Waals surface area contributed by atoms with Gasteiger partial charge in [-0.3, -0.25) is 4.72 Å². The monoisotopic (exact) mass is 306 g/mol. The molecule has 0 aliphatic heterocycles. The molecule has 0 fully saturated rings. The van der Waals surface area contributed by atoms with Crippen molar-refractivity contribution in [3.8, 4) is 11.5 Å². The van der Waals surface area contributed by atoms with Crippen LogP contribution in [0.1, 0.15) is 5.56 Å². The number of nitrogens with one attached hydrogen (secondary N) is 1. The normalized spacial score (nSPS) is 11.0. The van der Waals surface area contributed by atoms with E-state index in [1.54, 1.807) is 30.3 Å². The van der Waals surface area contributed by atoms with Crippen LogP contribution in [-0.2, 0) is 10.0 Å². The van der Waals surface area contributed by atoms with E-state index in [0.717, 1.165) is 5.56 Å². The highest BCUT2D eigenvalue weighted by Crippen LogP contribution is 2.30. The lowest BCUT2D eigenvalue weighted by Gasteiger charge is -2.11. The molecule has 0 saturated carbocycles. The van der Waals surface area contributed by atoms with Crippen LogP contribution in [0.3, 0.4) is 0 Å². The van der Waals surface area contributed by atoms with Crippen molar-refractivity contribution in [1.29, 1.82) is 0 Å². The van der Waals surface area contributed by atoms with Crippen LogP contribution in [0.25, 0.3) is 0 Å². The van der Waals surface area contributed by atoms with Gasteiger partial charge in [0.25, 0.3) is 10.0 Å². The summed E-state index contributed by atoms with van der Waals surface area (Å²) >= 11 is 0. The van der Waals surface area contributed by atoms with E-state index in [0.29, 0.717) is 17.2 Å². The van der Waals surface area contributed by atoms with E-state index in [1.165, 1.54) is 26.4 Å². The molecule has 0 heterocycles. The highest BCUT2D eigenvalue weighted by Gasteiger charge is 2.17. The average Bonchev–Trinajstić information content (AvgIpc) is 2.48. The molecule has 21 heavy (non-hydrogen) atoms. The SMILES string of the molecule is [CH2]c1ccc(NS(=O)(=O)c2ccc(OC)c(OC)c2)cc1. The fraction of sp³-hybridized carbons (Fsp3) is 0.133. The quantitative estimate of drug-likeness (QED) is 0.922. The van der Waals surface area contributed by atoms with Crippen molar-refractivity contribution in [2.24, 2.45) is 0 Å². The molecule has 2 aromatic rings. The topological polar surface area (TPSA) is 64.6 Å². The number of benzene rings is 2.